The Hall–Kier alpha value is -0.850. The monoisotopic (exact) mass is 236 g/mol. The topological polar surface area (TPSA) is 71.5 Å². The van der Waals surface area contributed by atoms with Crippen LogP contribution in [0.4, 0.5) is 5.13 Å². The number of carboxylic acid groups (broad SMARTS) is 1. The molecule has 0 aromatic carbocycles. The van der Waals surface area contributed by atoms with Crippen LogP contribution < -0.4 is 5.32 Å². The maximum absolute atomic E-state index is 10.1. The summed E-state index contributed by atoms with van der Waals surface area (Å²) in [6.45, 7) is 0.556. The molecule has 78 valence electrons. The highest BCUT2D eigenvalue weighted by Gasteiger charge is 1.99. The van der Waals surface area contributed by atoms with Crippen molar-refractivity contribution in [3.63, 3.8) is 0 Å². The van der Waals surface area contributed by atoms with Crippen molar-refractivity contribution >= 4 is 34.0 Å². The standard InChI is InChI=1S/C7H9ClN2O3S/c8-5-4-14-7(10-5)9-1-2-13-3-6(11)12/h4H,1-3H2,(H,9,10)(H,11,12). The van der Waals surface area contributed by atoms with Crippen LogP contribution in [0.25, 0.3) is 0 Å². The second kappa shape index (κ2) is 5.79. The van der Waals surface area contributed by atoms with Crippen LogP contribution in [0.1, 0.15) is 0 Å². The van der Waals surface area contributed by atoms with Crippen molar-refractivity contribution in [1.82, 2.24) is 4.98 Å². The molecular weight excluding hydrogens is 228 g/mol. The van der Waals surface area contributed by atoms with Crippen molar-refractivity contribution in [1.29, 1.82) is 0 Å². The number of nitrogens with zero attached hydrogens (tertiary/aromatic N) is 1. The molecule has 0 radical (unpaired) electrons. The molecular formula is C7H9ClN2O3S. The predicted molar refractivity (Wildman–Crippen MR) is 54.1 cm³/mol. The Morgan fingerprint density at radius 3 is 3.14 bits per heavy atom. The van der Waals surface area contributed by atoms with Gasteiger partial charge in [0.2, 0.25) is 0 Å². The normalized spacial score (nSPS) is 10.1. The van der Waals surface area contributed by atoms with Crippen molar-refractivity contribution in [3.05, 3.63) is 10.5 Å². The van der Waals surface area contributed by atoms with Gasteiger partial charge in [-0.15, -0.1) is 11.3 Å². The van der Waals surface area contributed by atoms with E-state index in [9.17, 15) is 4.79 Å². The third-order valence-electron chi connectivity index (χ3n) is 1.22. The first kappa shape index (κ1) is 11.2. The summed E-state index contributed by atoms with van der Waals surface area (Å²) >= 11 is 6.98. The summed E-state index contributed by atoms with van der Waals surface area (Å²) in [5.74, 6) is -0.970. The Morgan fingerprint density at radius 2 is 2.57 bits per heavy atom. The van der Waals surface area contributed by atoms with Gasteiger partial charge in [-0.25, -0.2) is 9.78 Å². The second-order valence-corrected chi connectivity index (χ2v) is 3.59. The van der Waals surface area contributed by atoms with Gasteiger partial charge in [0.05, 0.1) is 6.61 Å². The Balaban J connectivity index is 2.07. The average molecular weight is 237 g/mol. The maximum Gasteiger partial charge on any atom is 0.329 e. The molecule has 0 unspecified atom stereocenters. The van der Waals surface area contributed by atoms with E-state index in [1.54, 1.807) is 5.38 Å². The van der Waals surface area contributed by atoms with Gasteiger partial charge in [-0.05, 0) is 0 Å². The zero-order valence-electron chi connectivity index (χ0n) is 7.20. The van der Waals surface area contributed by atoms with Crippen molar-refractivity contribution < 1.29 is 14.6 Å². The highest BCUT2D eigenvalue weighted by molar-refractivity contribution is 7.14. The van der Waals surface area contributed by atoms with E-state index < -0.39 is 5.97 Å². The van der Waals surface area contributed by atoms with Gasteiger partial charge in [0.25, 0.3) is 0 Å². The number of hydrogen-bond donors (Lipinski definition) is 2. The van der Waals surface area contributed by atoms with Gasteiger partial charge in [0.1, 0.15) is 11.8 Å². The number of carbonyl (C=O) groups is 1. The van der Waals surface area contributed by atoms with Gasteiger partial charge < -0.3 is 15.2 Å². The van der Waals surface area contributed by atoms with Crippen LogP contribution in [0.3, 0.4) is 0 Å². The molecule has 0 bridgehead atoms. The summed E-state index contributed by atoms with van der Waals surface area (Å²) in [7, 11) is 0. The molecule has 0 spiro atoms. The minimum absolute atomic E-state index is 0.277. The van der Waals surface area contributed by atoms with Crippen LogP contribution >= 0.6 is 22.9 Å². The lowest BCUT2D eigenvalue weighted by molar-refractivity contribution is -0.142. The first-order chi connectivity index (χ1) is 6.68. The number of aromatic nitrogens is 1. The lowest BCUT2D eigenvalue weighted by atomic mass is 10.6. The lowest BCUT2D eigenvalue weighted by Crippen LogP contribution is -2.13. The minimum atomic E-state index is -0.970. The van der Waals surface area contributed by atoms with Crippen LogP contribution in [-0.2, 0) is 9.53 Å². The number of carboxylic acids is 1. The molecule has 0 saturated carbocycles. The van der Waals surface area contributed by atoms with E-state index in [0.29, 0.717) is 23.4 Å². The fraction of sp³-hybridized carbons (Fsp3) is 0.429. The van der Waals surface area contributed by atoms with Gasteiger partial charge in [-0.1, -0.05) is 11.6 Å². The maximum atomic E-state index is 10.1. The van der Waals surface area contributed by atoms with E-state index in [0.717, 1.165) is 0 Å². The smallest absolute Gasteiger partial charge is 0.329 e. The summed E-state index contributed by atoms with van der Waals surface area (Å²) in [6, 6.07) is 0. The van der Waals surface area contributed by atoms with Gasteiger partial charge >= 0.3 is 5.97 Å². The largest absolute Gasteiger partial charge is 0.480 e. The second-order valence-electron chi connectivity index (χ2n) is 2.35. The SMILES string of the molecule is O=C(O)COCCNc1nc(Cl)cs1. The van der Waals surface area contributed by atoms with Gasteiger partial charge in [0, 0.05) is 11.9 Å². The molecule has 0 aliphatic rings. The van der Waals surface area contributed by atoms with E-state index in [4.69, 9.17) is 21.4 Å². The average Bonchev–Trinajstić information content (AvgIpc) is 2.50. The molecule has 0 aliphatic carbocycles. The Morgan fingerprint density at radius 1 is 1.79 bits per heavy atom. The molecule has 1 aromatic heterocycles. The number of ether oxygens (including phenoxy) is 1. The summed E-state index contributed by atoms with van der Waals surface area (Å²) < 4.78 is 4.81. The molecule has 0 fully saturated rings. The molecule has 0 atom stereocenters. The van der Waals surface area contributed by atoms with Crippen molar-refractivity contribution in [2.24, 2.45) is 0 Å². The van der Waals surface area contributed by atoms with E-state index in [-0.39, 0.29) is 6.61 Å². The summed E-state index contributed by atoms with van der Waals surface area (Å²) in [5.41, 5.74) is 0. The van der Waals surface area contributed by atoms with Crippen LogP contribution in [0.2, 0.25) is 5.15 Å². The zero-order valence-corrected chi connectivity index (χ0v) is 8.77. The molecule has 5 nitrogen and oxygen atoms in total. The number of nitrogens with one attached hydrogen (secondary N) is 1. The van der Waals surface area contributed by atoms with E-state index >= 15 is 0 Å². The van der Waals surface area contributed by atoms with Crippen molar-refractivity contribution in [2.45, 2.75) is 0 Å². The molecule has 1 heterocycles. The van der Waals surface area contributed by atoms with Crippen molar-refractivity contribution in [3.8, 4) is 0 Å². The number of thiazole rings is 1. The number of anilines is 1. The quantitative estimate of drug-likeness (QED) is 0.729. The molecule has 1 rings (SSSR count). The molecule has 0 saturated heterocycles. The highest BCUT2D eigenvalue weighted by Crippen LogP contribution is 2.18. The summed E-state index contributed by atoms with van der Waals surface area (Å²) in [5, 5.41) is 14.1. The van der Waals surface area contributed by atoms with Crippen LogP contribution in [-0.4, -0.2) is 35.8 Å². The third-order valence-corrected chi connectivity index (χ3v) is 2.35. The van der Waals surface area contributed by atoms with Gasteiger partial charge in [-0.2, -0.15) is 0 Å². The van der Waals surface area contributed by atoms with E-state index in [2.05, 4.69) is 10.3 Å². The van der Waals surface area contributed by atoms with E-state index in [1.807, 2.05) is 0 Å². The first-order valence-corrected chi connectivity index (χ1v) is 5.08. The molecule has 2 N–H and O–H groups in total. The Kier molecular flexibility index (Phi) is 4.64. The molecule has 14 heavy (non-hydrogen) atoms. The first-order valence-electron chi connectivity index (χ1n) is 3.83. The summed E-state index contributed by atoms with van der Waals surface area (Å²) in [4.78, 5) is 14.0. The number of rotatable bonds is 6. The third kappa shape index (κ3) is 4.40. The lowest BCUT2D eigenvalue weighted by Gasteiger charge is -2.01. The number of halogens is 1. The highest BCUT2D eigenvalue weighted by atomic mass is 35.5. The fourth-order valence-corrected chi connectivity index (χ4v) is 1.59. The zero-order chi connectivity index (χ0) is 10.4. The summed E-state index contributed by atoms with van der Waals surface area (Å²) in [6.07, 6.45) is 0. The van der Waals surface area contributed by atoms with Crippen LogP contribution in [0, 0.1) is 0 Å². The molecule has 1 aromatic rings. The fourth-order valence-electron chi connectivity index (χ4n) is 0.725. The van der Waals surface area contributed by atoms with E-state index in [1.165, 1.54) is 11.3 Å². The van der Waals surface area contributed by atoms with Gasteiger partial charge in [0.15, 0.2) is 5.13 Å². The predicted octanol–water partition coefficient (Wildman–Crippen LogP) is 1.31. The Bertz CT molecular complexity index is 305. The van der Waals surface area contributed by atoms with Crippen LogP contribution in [0.15, 0.2) is 5.38 Å². The molecule has 7 heteroatoms. The van der Waals surface area contributed by atoms with Gasteiger partial charge in [-0.3, -0.25) is 0 Å². The Labute approximate surface area is 89.7 Å². The molecule has 0 aliphatic heterocycles. The number of aliphatic carboxylic acids is 1. The van der Waals surface area contributed by atoms with Crippen molar-refractivity contribution in [2.75, 3.05) is 25.1 Å². The number of hydrogen-bond acceptors (Lipinski definition) is 5. The van der Waals surface area contributed by atoms with Crippen LogP contribution in [0.5, 0.6) is 0 Å². The molecule has 0 amide bonds. The minimum Gasteiger partial charge on any atom is -0.480 e.